The maximum atomic E-state index is 12.6. The van der Waals surface area contributed by atoms with Crippen molar-refractivity contribution in [3.63, 3.8) is 0 Å². The molecule has 5 heteroatoms. The number of carbonyl (C=O) groups excluding carboxylic acids is 2. The minimum absolute atomic E-state index is 0.202. The number of rotatable bonds is 10. The Labute approximate surface area is 175 Å². The number of nitrogens with one attached hydrogen (secondary N) is 1. The predicted octanol–water partition coefficient (Wildman–Crippen LogP) is 5.26. The average molecular weight is 401 g/mol. The number of benzene rings is 1. The molecule has 0 spiro atoms. The topological polar surface area (TPSA) is 58.6 Å². The van der Waals surface area contributed by atoms with E-state index in [1.807, 2.05) is 42.3 Å². The Balaban J connectivity index is 1.82. The summed E-state index contributed by atoms with van der Waals surface area (Å²) in [6.07, 6.45) is 11.4. The van der Waals surface area contributed by atoms with E-state index in [9.17, 15) is 9.59 Å². The van der Waals surface area contributed by atoms with Crippen molar-refractivity contribution in [3.05, 3.63) is 29.8 Å². The molecule has 0 aliphatic heterocycles. The summed E-state index contributed by atoms with van der Waals surface area (Å²) in [4.78, 5) is 25.3. The molecule has 29 heavy (non-hydrogen) atoms. The Hall–Kier alpha value is -2.30. The molecule has 160 valence electrons. The number of anilines is 1. The lowest BCUT2D eigenvalue weighted by Gasteiger charge is -2.39. The molecule has 0 aromatic heterocycles. The van der Waals surface area contributed by atoms with Gasteiger partial charge in [-0.15, -0.1) is 0 Å². The second-order valence-corrected chi connectivity index (χ2v) is 8.69. The molecule has 1 aromatic carbocycles. The summed E-state index contributed by atoms with van der Waals surface area (Å²) in [7, 11) is 1.94. The number of allylic oxidation sites excluding steroid dienone is 1. The fourth-order valence-corrected chi connectivity index (χ4v) is 3.99. The molecule has 2 rings (SSSR count). The van der Waals surface area contributed by atoms with Crippen LogP contribution in [-0.2, 0) is 9.59 Å². The Morgan fingerprint density at radius 2 is 2.17 bits per heavy atom. The number of hydrogen-bond acceptors (Lipinski definition) is 3. The normalized spacial score (nSPS) is 18.4. The number of nitrogens with zero attached hydrogens (tertiary/aromatic N) is 1. The number of ether oxygens (including phenoxy) is 1. The molecule has 1 aromatic rings. The van der Waals surface area contributed by atoms with Crippen LogP contribution in [0.4, 0.5) is 5.69 Å². The van der Waals surface area contributed by atoms with Crippen LogP contribution < -0.4 is 10.1 Å². The third-order valence-electron chi connectivity index (χ3n) is 5.69. The van der Waals surface area contributed by atoms with Crippen molar-refractivity contribution in [2.75, 3.05) is 19.0 Å². The first-order valence-corrected chi connectivity index (χ1v) is 10.8. The van der Waals surface area contributed by atoms with Gasteiger partial charge in [0, 0.05) is 30.8 Å². The summed E-state index contributed by atoms with van der Waals surface area (Å²) < 4.78 is 5.85. The molecule has 1 saturated carbocycles. The highest BCUT2D eigenvalue weighted by atomic mass is 16.5. The van der Waals surface area contributed by atoms with E-state index >= 15 is 0 Å². The molecular weight excluding hydrogens is 364 g/mol. The van der Waals surface area contributed by atoms with E-state index in [1.165, 1.54) is 12.8 Å². The number of hydrogen-bond donors (Lipinski definition) is 1. The second-order valence-electron chi connectivity index (χ2n) is 8.69. The number of carbonyl (C=O) groups is 2. The maximum Gasteiger partial charge on any atom is 0.222 e. The van der Waals surface area contributed by atoms with Crippen LogP contribution in [-0.4, -0.2) is 36.9 Å². The lowest BCUT2D eigenvalue weighted by atomic mass is 9.75. The smallest absolute Gasteiger partial charge is 0.222 e. The first-order valence-electron chi connectivity index (χ1n) is 10.8. The van der Waals surface area contributed by atoms with Gasteiger partial charge < -0.3 is 15.0 Å². The Morgan fingerprint density at radius 3 is 2.86 bits per heavy atom. The van der Waals surface area contributed by atoms with E-state index < -0.39 is 0 Å². The first kappa shape index (κ1) is 23.0. The average Bonchev–Trinajstić information content (AvgIpc) is 2.69. The van der Waals surface area contributed by atoms with Crippen LogP contribution in [0.3, 0.4) is 0 Å². The van der Waals surface area contributed by atoms with Gasteiger partial charge in [-0.2, -0.15) is 0 Å². The van der Waals surface area contributed by atoms with Gasteiger partial charge in [-0.05, 0) is 55.7 Å². The zero-order valence-corrected chi connectivity index (χ0v) is 18.4. The highest BCUT2D eigenvalue weighted by Crippen LogP contribution is 2.37. The standard InChI is InChI=1S/C24H36N2O3/c1-5-6-9-19-16-21(12-13-22(19)25-18-27)29-15-8-11-23(28)26(4)20-10-7-14-24(2,3)17-20/h6,9,12-13,16,18,20H,5,7-8,10-11,14-15,17H2,1-4H3,(H,25,27)/b9-6-. The van der Waals surface area contributed by atoms with Gasteiger partial charge in [0.25, 0.3) is 0 Å². The van der Waals surface area contributed by atoms with Crippen LogP contribution in [0, 0.1) is 5.41 Å². The molecule has 2 amide bonds. The maximum absolute atomic E-state index is 12.6. The summed E-state index contributed by atoms with van der Waals surface area (Å²) >= 11 is 0. The predicted molar refractivity (Wildman–Crippen MR) is 119 cm³/mol. The van der Waals surface area contributed by atoms with E-state index in [0.29, 0.717) is 37.3 Å². The van der Waals surface area contributed by atoms with Crippen LogP contribution in [0.5, 0.6) is 5.75 Å². The molecule has 1 N–H and O–H groups in total. The van der Waals surface area contributed by atoms with Gasteiger partial charge in [0.1, 0.15) is 5.75 Å². The molecule has 1 fully saturated rings. The fourth-order valence-electron chi connectivity index (χ4n) is 3.99. The molecule has 5 nitrogen and oxygen atoms in total. The van der Waals surface area contributed by atoms with Gasteiger partial charge in [-0.3, -0.25) is 9.59 Å². The Morgan fingerprint density at radius 1 is 1.38 bits per heavy atom. The third-order valence-corrected chi connectivity index (χ3v) is 5.69. The molecule has 1 unspecified atom stereocenters. The SMILES string of the molecule is CC/C=C\c1cc(OCCCC(=O)N(C)C2CCCC(C)(C)C2)ccc1NC=O. The first-order chi connectivity index (χ1) is 13.9. The van der Waals surface area contributed by atoms with E-state index in [-0.39, 0.29) is 5.91 Å². The molecule has 1 aliphatic carbocycles. The van der Waals surface area contributed by atoms with Crippen LogP contribution in [0.1, 0.15) is 71.3 Å². The van der Waals surface area contributed by atoms with Crippen LogP contribution in [0.15, 0.2) is 24.3 Å². The second kappa shape index (κ2) is 11.0. The summed E-state index contributed by atoms with van der Waals surface area (Å²) in [5.74, 6) is 0.945. The number of amides is 2. The van der Waals surface area contributed by atoms with E-state index in [1.54, 1.807) is 0 Å². The zero-order chi connectivity index (χ0) is 21.3. The van der Waals surface area contributed by atoms with E-state index in [4.69, 9.17) is 4.74 Å². The molecule has 0 heterocycles. The van der Waals surface area contributed by atoms with Crippen molar-refractivity contribution < 1.29 is 14.3 Å². The zero-order valence-electron chi connectivity index (χ0n) is 18.4. The van der Waals surface area contributed by atoms with Crippen molar-refractivity contribution in [2.45, 2.75) is 71.8 Å². The van der Waals surface area contributed by atoms with Crippen LogP contribution >= 0.6 is 0 Å². The summed E-state index contributed by atoms with van der Waals surface area (Å²) in [5, 5.41) is 2.71. The molecule has 0 bridgehead atoms. The lowest BCUT2D eigenvalue weighted by Crippen LogP contribution is -2.42. The lowest BCUT2D eigenvalue weighted by molar-refractivity contribution is -0.133. The summed E-state index contributed by atoms with van der Waals surface area (Å²) in [6.45, 7) is 7.15. The van der Waals surface area contributed by atoms with Gasteiger partial charge in [-0.25, -0.2) is 0 Å². The largest absolute Gasteiger partial charge is 0.494 e. The van der Waals surface area contributed by atoms with Crippen molar-refractivity contribution in [1.82, 2.24) is 4.90 Å². The van der Waals surface area contributed by atoms with Crippen molar-refractivity contribution in [1.29, 1.82) is 0 Å². The van der Waals surface area contributed by atoms with Gasteiger partial charge in [0.05, 0.1) is 6.61 Å². The molecular formula is C24H36N2O3. The Bertz CT molecular complexity index is 712. The van der Waals surface area contributed by atoms with Crippen molar-refractivity contribution in [2.24, 2.45) is 5.41 Å². The van der Waals surface area contributed by atoms with E-state index in [2.05, 4.69) is 26.1 Å². The van der Waals surface area contributed by atoms with Crippen LogP contribution in [0.2, 0.25) is 0 Å². The minimum Gasteiger partial charge on any atom is -0.494 e. The molecule has 0 saturated heterocycles. The minimum atomic E-state index is 0.202. The highest BCUT2D eigenvalue weighted by molar-refractivity contribution is 5.79. The van der Waals surface area contributed by atoms with Crippen LogP contribution in [0.25, 0.3) is 6.08 Å². The fraction of sp³-hybridized carbons (Fsp3) is 0.583. The van der Waals surface area contributed by atoms with Crippen molar-refractivity contribution in [3.8, 4) is 5.75 Å². The van der Waals surface area contributed by atoms with Gasteiger partial charge in [-0.1, -0.05) is 39.3 Å². The highest BCUT2D eigenvalue weighted by Gasteiger charge is 2.31. The van der Waals surface area contributed by atoms with Gasteiger partial charge in [0.2, 0.25) is 12.3 Å². The van der Waals surface area contributed by atoms with E-state index in [0.717, 1.165) is 36.3 Å². The Kier molecular flexibility index (Phi) is 8.74. The molecule has 1 atom stereocenters. The monoisotopic (exact) mass is 400 g/mol. The summed E-state index contributed by atoms with van der Waals surface area (Å²) in [5.41, 5.74) is 1.99. The molecule has 1 aliphatic rings. The van der Waals surface area contributed by atoms with Crippen molar-refractivity contribution >= 4 is 24.1 Å². The molecule has 0 radical (unpaired) electrons. The van der Waals surface area contributed by atoms with Gasteiger partial charge in [0.15, 0.2) is 0 Å². The van der Waals surface area contributed by atoms with Gasteiger partial charge >= 0.3 is 0 Å². The quantitative estimate of drug-likeness (QED) is 0.430. The third kappa shape index (κ3) is 7.22. The summed E-state index contributed by atoms with van der Waals surface area (Å²) in [6, 6.07) is 5.95.